The molecule has 0 bridgehead atoms. The molecule has 0 aromatic carbocycles. The van der Waals surface area contributed by atoms with Gasteiger partial charge in [0.25, 0.3) is 5.56 Å². The van der Waals surface area contributed by atoms with Gasteiger partial charge in [0.2, 0.25) is 5.91 Å². The van der Waals surface area contributed by atoms with Crippen molar-refractivity contribution in [1.82, 2.24) is 15.3 Å². The van der Waals surface area contributed by atoms with Crippen molar-refractivity contribution in [2.75, 3.05) is 0 Å². The highest BCUT2D eigenvalue weighted by Crippen LogP contribution is 2.41. The quantitative estimate of drug-likeness (QED) is 0.676. The molecule has 3 aliphatic rings. The third kappa shape index (κ3) is 4.16. The molecule has 7 heteroatoms. The Balaban J connectivity index is 1.48. The number of hydrogen-bond donors (Lipinski definition) is 2. The maximum Gasteiger partial charge on any atom is 0.251 e. The van der Waals surface area contributed by atoms with Crippen molar-refractivity contribution in [3.63, 3.8) is 0 Å². The number of H-pyrrole nitrogens is 1. The van der Waals surface area contributed by atoms with Gasteiger partial charge < -0.3 is 10.3 Å². The summed E-state index contributed by atoms with van der Waals surface area (Å²) in [6.07, 6.45) is 14.5. The number of nitrogens with one attached hydrogen (secondary N) is 2. The molecule has 0 saturated heterocycles. The molecule has 0 radical (unpaired) electrons. The molecule has 1 amide bonds. The van der Waals surface area contributed by atoms with Crippen LogP contribution < -0.4 is 10.9 Å². The molecule has 2 saturated carbocycles. The fraction of sp³-hybridized carbons (Fsp3) is 0.667. The van der Waals surface area contributed by atoms with Gasteiger partial charge in [-0.05, 0) is 25.7 Å². The van der Waals surface area contributed by atoms with Crippen molar-refractivity contribution < 1.29 is 4.79 Å². The highest BCUT2D eigenvalue weighted by molar-refractivity contribution is 5.77. The van der Waals surface area contributed by atoms with Gasteiger partial charge in [-0.25, -0.2) is 4.98 Å². The Kier molecular flexibility index (Phi) is 5.05. The van der Waals surface area contributed by atoms with Gasteiger partial charge in [-0.2, -0.15) is 10.2 Å². The summed E-state index contributed by atoms with van der Waals surface area (Å²) in [4.78, 5) is 32.7. The van der Waals surface area contributed by atoms with Crippen molar-refractivity contribution in [3.8, 4) is 12.3 Å². The van der Waals surface area contributed by atoms with Gasteiger partial charge in [0, 0.05) is 37.7 Å². The molecule has 1 aromatic rings. The predicted molar refractivity (Wildman–Crippen MR) is 105 cm³/mol. The summed E-state index contributed by atoms with van der Waals surface area (Å²) in [7, 11) is 0. The van der Waals surface area contributed by atoms with E-state index in [0.717, 1.165) is 50.6 Å². The van der Waals surface area contributed by atoms with Crippen molar-refractivity contribution in [1.29, 1.82) is 0 Å². The van der Waals surface area contributed by atoms with Gasteiger partial charge >= 0.3 is 0 Å². The van der Waals surface area contributed by atoms with E-state index in [9.17, 15) is 9.59 Å². The molecule has 2 heterocycles. The second-order valence-electron chi connectivity index (χ2n) is 8.37. The molecule has 2 aliphatic carbocycles. The molecule has 148 valence electrons. The Bertz CT molecular complexity index is 866. The van der Waals surface area contributed by atoms with Gasteiger partial charge in [0.05, 0.1) is 11.2 Å². The van der Waals surface area contributed by atoms with E-state index in [1.54, 1.807) is 6.07 Å². The van der Waals surface area contributed by atoms with E-state index < -0.39 is 11.2 Å². The van der Waals surface area contributed by atoms with Crippen LogP contribution >= 0.6 is 0 Å². The maximum absolute atomic E-state index is 12.8. The monoisotopic (exact) mass is 381 g/mol. The molecule has 1 aliphatic heterocycles. The molecule has 0 spiro atoms. The first-order valence-corrected chi connectivity index (χ1v) is 10.3. The molecule has 0 atom stereocenters. The molecule has 7 nitrogen and oxygen atoms in total. The normalized spacial score (nSPS) is 21.7. The zero-order valence-electron chi connectivity index (χ0n) is 16.2. The van der Waals surface area contributed by atoms with E-state index in [4.69, 9.17) is 11.4 Å². The summed E-state index contributed by atoms with van der Waals surface area (Å²) >= 11 is 0. The average Bonchev–Trinajstić information content (AvgIpc) is 3.61. The minimum atomic E-state index is -0.580. The molecule has 2 fully saturated rings. The number of terminal acetylenes is 1. The lowest BCUT2D eigenvalue weighted by Crippen LogP contribution is -2.49. The van der Waals surface area contributed by atoms with Crippen LogP contribution in [-0.2, 0) is 10.3 Å². The summed E-state index contributed by atoms with van der Waals surface area (Å²) in [6, 6.07) is 1.60. The molecule has 2 N–H and O–H groups in total. The Morgan fingerprint density at radius 3 is 2.64 bits per heavy atom. The lowest BCUT2D eigenvalue weighted by molar-refractivity contribution is -0.124. The van der Waals surface area contributed by atoms with E-state index in [1.165, 1.54) is 0 Å². The van der Waals surface area contributed by atoms with Crippen molar-refractivity contribution in [2.45, 2.75) is 87.7 Å². The maximum atomic E-state index is 12.8. The third-order valence-electron chi connectivity index (χ3n) is 6.10. The molecular formula is C21H27N5O2. The standard InChI is InChI=1S/C21H27N5O2/c1-2-3-12-21(25-26-21)13-9-17(27)24-20(10-5-4-6-11-20)19-22-16(15-7-8-15)14-18(28)23-19/h1,14-15H,3-13H2,(H,24,27)(H,22,23,28). The SMILES string of the molecule is C#CCCC1(CCC(=O)NC2(c3nc(C4CC4)cc(=O)[nH]3)CCCCC2)N=N1. The summed E-state index contributed by atoms with van der Waals surface area (Å²) in [5.74, 6) is 3.58. The van der Waals surface area contributed by atoms with Gasteiger partial charge in [-0.1, -0.05) is 19.3 Å². The molecule has 1 aromatic heterocycles. The summed E-state index contributed by atoms with van der Waals surface area (Å²) in [5, 5.41) is 11.4. The fourth-order valence-electron chi connectivity index (χ4n) is 4.18. The van der Waals surface area contributed by atoms with Crippen LogP contribution in [0.3, 0.4) is 0 Å². The van der Waals surface area contributed by atoms with Crippen LogP contribution in [-0.4, -0.2) is 21.5 Å². The lowest BCUT2D eigenvalue weighted by Gasteiger charge is -2.37. The van der Waals surface area contributed by atoms with Crippen molar-refractivity contribution in [2.24, 2.45) is 10.2 Å². The second kappa shape index (κ2) is 7.50. The topological polar surface area (TPSA) is 99.6 Å². The Morgan fingerprint density at radius 2 is 2.00 bits per heavy atom. The predicted octanol–water partition coefficient (Wildman–Crippen LogP) is 3.28. The van der Waals surface area contributed by atoms with Crippen molar-refractivity contribution >= 4 is 5.91 Å². The first-order valence-electron chi connectivity index (χ1n) is 10.3. The summed E-state index contributed by atoms with van der Waals surface area (Å²) in [5.41, 5.74) is -0.304. The number of carbonyl (C=O) groups is 1. The number of rotatable bonds is 8. The number of nitrogens with zero attached hydrogens (tertiary/aromatic N) is 3. The largest absolute Gasteiger partial charge is 0.343 e. The number of carbonyl (C=O) groups excluding carboxylic acids is 1. The molecular weight excluding hydrogens is 354 g/mol. The van der Waals surface area contributed by atoms with E-state index >= 15 is 0 Å². The number of aromatic amines is 1. The smallest absolute Gasteiger partial charge is 0.251 e. The Labute approximate surface area is 164 Å². The lowest BCUT2D eigenvalue weighted by atomic mass is 9.80. The highest BCUT2D eigenvalue weighted by atomic mass is 16.2. The van der Waals surface area contributed by atoms with Crippen molar-refractivity contribution in [3.05, 3.63) is 27.9 Å². The average molecular weight is 381 g/mol. The van der Waals surface area contributed by atoms with Crippen LogP contribution in [0.4, 0.5) is 0 Å². The number of aromatic nitrogens is 2. The van der Waals surface area contributed by atoms with Crippen LogP contribution in [0.25, 0.3) is 0 Å². The Hall–Kier alpha value is -2.49. The van der Waals surface area contributed by atoms with Crippen LogP contribution in [0.5, 0.6) is 0 Å². The molecule has 28 heavy (non-hydrogen) atoms. The zero-order valence-corrected chi connectivity index (χ0v) is 16.2. The van der Waals surface area contributed by atoms with E-state index in [-0.39, 0.29) is 11.5 Å². The molecule has 4 rings (SSSR count). The minimum Gasteiger partial charge on any atom is -0.343 e. The molecule has 0 unspecified atom stereocenters. The zero-order chi connectivity index (χ0) is 19.6. The van der Waals surface area contributed by atoms with E-state index in [2.05, 4.69) is 26.4 Å². The fourth-order valence-corrected chi connectivity index (χ4v) is 4.18. The first kappa shape index (κ1) is 18.9. The van der Waals surface area contributed by atoms with Crippen LogP contribution in [0.1, 0.15) is 88.1 Å². The van der Waals surface area contributed by atoms with Gasteiger partial charge in [0.1, 0.15) is 5.82 Å². The van der Waals surface area contributed by atoms with E-state index in [0.29, 0.717) is 37.4 Å². The minimum absolute atomic E-state index is 0.0428. The van der Waals surface area contributed by atoms with Crippen LogP contribution in [0.15, 0.2) is 21.1 Å². The summed E-state index contributed by atoms with van der Waals surface area (Å²) < 4.78 is 0. The summed E-state index contributed by atoms with van der Waals surface area (Å²) in [6.45, 7) is 0. The van der Waals surface area contributed by atoms with E-state index in [1.807, 2.05) is 0 Å². The number of amides is 1. The van der Waals surface area contributed by atoms with Crippen LogP contribution in [0, 0.1) is 12.3 Å². The van der Waals surface area contributed by atoms with Gasteiger partial charge in [0.15, 0.2) is 5.66 Å². The van der Waals surface area contributed by atoms with Gasteiger partial charge in [-0.15, -0.1) is 12.3 Å². The Morgan fingerprint density at radius 1 is 1.25 bits per heavy atom. The number of hydrogen-bond acceptors (Lipinski definition) is 5. The first-order chi connectivity index (χ1) is 13.5. The second-order valence-corrected chi connectivity index (χ2v) is 8.37. The van der Waals surface area contributed by atoms with Crippen LogP contribution in [0.2, 0.25) is 0 Å². The highest BCUT2D eigenvalue weighted by Gasteiger charge is 2.42. The third-order valence-corrected chi connectivity index (χ3v) is 6.10. The van der Waals surface area contributed by atoms with Gasteiger partial charge in [-0.3, -0.25) is 9.59 Å².